The van der Waals surface area contributed by atoms with E-state index in [-0.39, 0.29) is 17.5 Å². The molecular weight excluding hydrogens is 310 g/mol. The molecule has 7 heteroatoms. The summed E-state index contributed by atoms with van der Waals surface area (Å²) >= 11 is 5.87. The molecule has 1 fully saturated rings. The van der Waals surface area contributed by atoms with E-state index in [1.165, 1.54) is 0 Å². The Bertz CT molecular complexity index is 770. The van der Waals surface area contributed by atoms with Crippen molar-refractivity contribution in [2.45, 2.75) is 32.2 Å². The van der Waals surface area contributed by atoms with Gasteiger partial charge in [0.15, 0.2) is 15.5 Å². The van der Waals surface area contributed by atoms with Crippen LogP contribution < -0.4 is 0 Å². The zero-order chi connectivity index (χ0) is 15.0. The predicted octanol–water partition coefficient (Wildman–Crippen LogP) is 2.27. The highest BCUT2D eigenvalue weighted by atomic mass is 35.5. The van der Waals surface area contributed by atoms with E-state index in [1.807, 2.05) is 23.6 Å². The molecule has 0 aliphatic carbocycles. The van der Waals surface area contributed by atoms with Crippen LogP contribution in [-0.4, -0.2) is 40.3 Å². The topological polar surface area (TPSA) is 64.8 Å². The minimum absolute atomic E-state index is 0.0822. The van der Waals surface area contributed by atoms with Crippen molar-refractivity contribution in [3.05, 3.63) is 23.7 Å². The first kappa shape index (κ1) is 14.8. The van der Waals surface area contributed by atoms with E-state index in [0.29, 0.717) is 18.7 Å². The zero-order valence-corrected chi connectivity index (χ0v) is 13.5. The highest BCUT2D eigenvalue weighted by Crippen LogP contribution is 2.28. The van der Waals surface area contributed by atoms with Crippen LogP contribution in [0.1, 0.15) is 30.4 Å². The van der Waals surface area contributed by atoms with Crippen LogP contribution in [0.2, 0.25) is 0 Å². The molecule has 0 radical (unpaired) electrons. The number of hydrogen-bond acceptors (Lipinski definition) is 4. The van der Waals surface area contributed by atoms with Crippen LogP contribution in [0.4, 0.5) is 0 Å². The first-order valence-corrected chi connectivity index (χ1v) is 9.46. The van der Waals surface area contributed by atoms with Gasteiger partial charge in [-0.15, -0.1) is 11.6 Å². The molecule has 1 aliphatic heterocycles. The second-order valence-electron chi connectivity index (χ2n) is 5.54. The quantitative estimate of drug-likeness (QED) is 0.811. The maximum absolute atomic E-state index is 11.9. The third-order valence-electron chi connectivity index (χ3n) is 3.87. The molecule has 21 heavy (non-hydrogen) atoms. The summed E-state index contributed by atoms with van der Waals surface area (Å²) in [6, 6.07) is 3.77. The van der Waals surface area contributed by atoms with Crippen molar-refractivity contribution in [3.63, 3.8) is 0 Å². The van der Waals surface area contributed by atoms with E-state index in [0.717, 1.165) is 29.1 Å². The molecule has 114 valence electrons. The number of nitrogens with zero attached hydrogens (tertiary/aromatic N) is 3. The minimum Gasteiger partial charge on any atom is -0.309 e. The minimum atomic E-state index is -2.98. The Balaban J connectivity index is 2.14. The van der Waals surface area contributed by atoms with Gasteiger partial charge >= 0.3 is 0 Å². The molecule has 1 saturated heterocycles. The van der Waals surface area contributed by atoms with Gasteiger partial charge in [0.1, 0.15) is 11.3 Å². The van der Waals surface area contributed by atoms with Crippen molar-refractivity contribution in [2.24, 2.45) is 0 Å². The number of halogens is 1. The standard InChI is InChI=1S/C14H18ClN3O2S/c1-10-4-5-12-14(16-10)18(13(17-12)6-7-15)11-3-2-8-21(19,20)9-11/h4-5,11H,2-3,6-9H2,1H3. The van der Waals surface area contributed by atoms with Crippen LogP contribution in [0.3, 0.4) is 0 Å². The molecular formula is C14H18ClN3O2S. The van der Waals surface area contributed by atoms with Gasteiger partial charge in [0.25, 0.3) is 0 Å². The summed E-state index contributed by atoms with van der Waals surface area (Å²) in [5.74, 6) is 1.75. The molecule has 3 heterocycles. The maximum Gasteiger partial charge on any atom is 0.160 e. The second-order valence-corrected chi connectivity index (χ2v) is 8.15. The summed E-state index contributed by atoms with van der Waals surface area (Å²) in [6.45, 7) is 1.93. The van der Waals surface area contributed by atoms with E-state index < -0.39 is 9.84 Å². The highest BCUT2D eigenvalue weighted by Gasteiger charge is 2.29. The first-order chi connectivity index (χ1) is 10.00. The van der Waals surface area contributed by atoms with Crippen molar-refractivity contribution in [2.75, 3.05) is 17.4 Å². The van der Waals surface area contributed by atoms with Crippen molar-refractivity contribution in [1.29, 1.82) is 0 Å². The molecule has 0 N–H and O–H groups in total. The van der Waals surface area contributed by atoms with Gasteiger partial charge in [-0.2, -0.15) is 0 Å². The number of alkyl halides is 1. The average Bonchev–Trinajstić information content (AvgIpc) is 2.75. The molecule has 1 aliphatic rings. The van der Waals surface area contributed by atoms with Crippen LogP contribution in [-0.2, 0) is 16.3 Å². The van der Waals surface area contributed by atoms with E-state index in [2.05, 4.69) is 9.97 Å². The van der Waals surface area contributed by atoms with Gasteiger partial charge < -0.3 is 4.57 Å². The Morgan fingerprint density at radius 3 is 2.90 bits per heavy atom. The summed E-state index contributed by atoms with van der Waals surface area (Å²) in [5, 5.41) is 0. The first-order valence-electron chi connectivity index (χ1n) is 7.11. The van der Waals surface area contributed by atoms with Gasteiger partial charge in [0.05, 0.1) is 17.5 Å². The van der Waals surface area contributed by atoms with Gasteiger partial charge in [-0.1, -0.05) is 0 Å². The fourth-order valence-corrected chi connectivity index (χ4v) is 4.81. The number of rotatable bonds is 3. The fourth-order valence-electron chi connectivity index (χ4n) is 2.96. The molecule has 3 rings (SSSR count). The average molecular weight is 328 g/mol. The Morgan fingerprint density at radius 1 is 1.38 bits per heavy atom. The Labute approximate surface area is 129 Å². The lowest BCUT2D eigenvalue weighted by atomic mass is 10.2. The number of fused-ring (bicyclic) bond motifs is 1. The number of pyridine rings is 1. The van der Waals surface area contributed by atoms with Gasteiger partial charge in [-0.05, 0) is 31.9 Å². The molecule has 0 saturated carbocycles. The van der Waals surface area contributed by atoms with Crippen molar-refractivity contribution >= 4 is 32.6 Å². The molecule has 0 spiro atoms. The van der Waals surface area contributed by atoms with Crippen molar-refractivity contribution in [3.8, 4) is 0 Å². The second kappa shape index (κ2) is 5.57. The number of hydrogen-bond donors (Lipinski definition) is 0. The van der Waals surface area contributed by atoms with Gasteiger partial charge in [0, 0.05) is 18.0 Å². The predicted molar refractivity (Wildman–Crippen MR) is 83.6 cm³/mol. The monoisotopic (exact) mass is 327 g/mol. The SMILES string of the molecule is Cc1ccc2nc(CCCl)n(C3CCCS(=O)(=O)C3)c2n1. The van der Waals surface area contributed by atoms with E-state index in [4.69, 9.17) is 11.6 Å². The number of sulfone groups is 1. The summed E-state index contributed by atoms with van der Waals surface area (Å²) < 4.78 is 25.9. The smallest absolute Gasteiger partial charge is 0.160 e. The maximum atomic E-state index is 11.9. The van der Waals surface area contributed by atoms with E-state index in [1.54, 1.807) is 0 Å². The molecule has 0 aromatic carbocycles. The van der Waals surface area contributed by atoms with Crippen molar-refractivity contribution < 1.29 is 8.42 Å². The Kier molecular flexibility index (Phi) is 3.92. The molecule has 1 unspecified atom stereocenters. The number of aryl methyl sites for hydroxylation is 2. The van der Waals surface area contributed by atoms with Crippen LogP contribution in [0.5, 0.6) is 0 Å². The Hall–Kier alpha value is -1.14. The van der Waals surface area contributed by atoms with Crippen LogP contribution >= 0.6 is 11.6 Å². The summed E-state index contributed by atoms with van der Waals surface area (Å²) in [5.41, 5.74) is 2.49. The summed E-state index contributed by atoms with van der Waals surface area (Å²) in [4.78, 5) is 9.15. The highest BCUT2D eigenvalue weighted by molar-refractivity contribution is 7.91. The molecule has 2 aromatic rings. The lowest BCUT2D eigenvalue weighted by Gasteiger charge is -2.25. The van der Waals surface area contributed by atoms with Gasteiger partial charge in [0.2, 0.25) is 0 Å². The van der Waals surface area contributed by atoms with Crippen molar-refractivity contribution in [1.82, 2.24) is 14.5 Å². The zero-order valence-electron chi connectivity index (χ0n) is 11.9. The molecule has 0 bridgehead atoms. The largest absolute Gasteiger partial charge is 0.309 e. The lowest BCUT2D eigenvalue weighted by Crippen LogP contribution is -2.28. The molecule has 1 atom stereocenters. The molecule has 5 nitrogen and oxygen atoms in total. The normalized spacial score (nSPS) is 21.7. The van der Waals surface area contributed by atoms with Crippen LogP contribution in [0.25, 0.3) is 11.2 Å². The third kappa shape index (κ3) is 2.92. The van der Waals surface area contributed by atoms with E-state index >= 15 is 0 Å². The number of imidazole rings is 1. The fraction of sp³-hybridized carbons (Fsp3) is 0.571. The summed E-state index contributed by atoms with van der Waals surface area (Å²) in [7, 11) is -2.98. The third-order valence-corrected chi connectivity index (χ3v) is 5.86. The Morgan fingerprint density at radius 2 is 2.19 bits per heavy atom. The number of aromatic nitrogens is 3. The molecule has 2 aromatic heterocycles. The van der Waals surface area contributed by atoms with Gasteiger partial charge in [-0.3, -0.25) is 0 Å². The van der Waals surface area contributed by atoms with Crippen LogP contribution in [0, 0.1) is 6.92 Å². The summed E-state index contributed by atoms with van der Waals surface area (Å²) in [6.07, 6.45) is 2.15. The van der Waals surface area contributed by atoms with Crippen LogP contribution in [0.15, 0.2) is 12.1 Å². The molecule has 0 amide bonds. The van der Waals surface area contributed by atoms with E-state index in [9.17, 15) is 8.42 Å². The lowest BCUT2D eigenvalue weighted by molar-refractivity contribution is 0.466. The van der Waals surface area contributed by atoms with Gasteiger partial charge in [-0.25, -0.2) is 18.4 Å².